The van der Waals surface area contributed by atoms with Crippen LogP contribution >= 0.6 is 0 Å². The van der Waals surface area contributed by atoms with E-state index in [0.717, 1.165) is 4.90 Å². The van der Waals surface area contributed by atoms with E-state index in [2.05, 4.69) is 17.2 Å². The fourth-order valence-electron chi connectivity index (χ4n) is 3.31. The largest absolute Gasteiger partial charge is 0.504 e. The third kappa shape index (κ3) is 5.32. The number of anilines is 1. The lowest BCUT2D eigenvalue weighted by Crippen LogP contribution is -2.38. The molecule has 0 unspecified atom stereocenters. The third-order valence-electron chi connectivity index (χ3n) is 4.80. The summed E-state index contributed by atoms with van der Waals surface area (Å²) in [5, 5.41) is 15.5. The van der Waals surface area contributed by atoms with Gasteiger partial charge in [-0.25, -0.2) is 9.69 Å². The predicted octanol–water partition coefficient (Wildman–Crippen LogP) is 3.06. The molecule has 2 aromatic carbocycles. The quantitative estimate of drug-likeness (QED) is 0.306. The van der Waals surface area contributed by atoms with Crippen LogP contribution in [-0.4, -0.2) is 48.1 Å². The molecule has 1 aliphatic heterocycles. The van der Waals surface area contributed by atoms with E-state index >= 15 is 0 Å². The molecule has 0 atom stereocenters. The Kier molecular flexibility index (Phi) is 7.34. The van der Waals surface area contributed by atoms with Gasteiger partial charge in [0, 0.05) is 5.56 Å². The first kappa shape index (κ1) is 23.4. The van der Waals surface area contributed by atoms with E-state index in [4.69, 9.17) is 9.47 Å². The fourth-order valence-corrected chi connectivity index (χ4v) is 3.31. The van der Waals surface area contributed by atoms with Gasteiger partial charge >= 0.3 is 6.03 Å². The number of imide groups is 1. The summed E-state index contributed by atoms with van der Waals surface area (Å²) >= 11 is 0. The van der Waals surface area contributed by atoms with E-state index in [1.54, 1.807) is 49.4 Å². The number of nitrogens with zero attached hydrogens (tertiary/aromatic N) is 1. The topological polar surface area (TPSA) is 117 Å². The molecule has 0 radical (unpaired) electrons. The van der Waals surface area contributed by atoms with E-state index in [0.29, 0.717) is 35.6 Å². The van der Waals surface area contributed by atoms with Crippen LogP contribution in [-0.2, 0) is 16.0 Å². The summed E-state index contributed by atoms with van der Waals surface area (Å²) in [5.74, 6) is -0.493. The second kappa shape index (κ2) is 10.4. The number of phenolic OH excluding ortho intramolecular Hbond substituents is 1. The SMILES string of the molecule is C=CCc1cc(/C=C2/NC(=O)N(CC(=O)Nc3ccccc3OC)C2=O)cc(OCC)c1O. The van der Waals surface area contributed by atoms with E-state index in [1.807, 2.05) is 0 Å². The van der Waals surface area contributed by atoms with E-state index in [9.17, 15) is 19.5 Å². The number of amides is 4. The Morgan fingerprint density at radius 3 is 2.70 bits per heavy atom. The molecule has 3 N–H and O–H groups in total. The van der Waals surface area contributed by atoms with Gasteiger partial charge in [0.1, 0.15) is 18.0 Å². The van der Waals surface area contributed by atoms with Gasteiger partial charge in [0.05, 0.1) is 19.4 Å². The first-order chi connectivity index (χ1) is 15.9. The average Bonchev–Trinajstić information content (AvgIpc) is 3.04. The van der Waals surface area contributed by atoms with Crippen LogP contribution in [0.15, 0.2) is 54.8 Å². The standard InChI is InChI=1S/C24H25N3O6/c1-4-8-16-11-15(13-20(22(16)29)33-5-2)12-18-23(30)27(24(31)26-18)14-21(28)25-17-9-6-7-10-19(17)32-3/h4,6-7,9-13,29H,1,5,8,14H2,2-3H3,(H,25,28)(H,26,31)/b18-12+. The highest BCUT2D eigenvalue weighted by molar-refractivity contribution is 6.16. The number of aromatic hydroxyl groups is 1. The molecule has 3 rings (SSSR count). The highest BCUT2D eigenvalue weighted by atomic mass is 16.5. The van der Waals surface area contributed by atoms with Crippen molar-refractivity contribution in [2.45, 2.75) is 13.3 Å². The molecule has 0 aliphatic carbocycles. The lowest BCUT2D eigenvalue weighted by atomic mass is 10.0. The van der Waals surface area contributed by atoms with Gasteiger partial charge in [0.15, 0.2) is 11.5 Å². The molecule has 0 aromatic heterocycles. The summed E-state index contributed by atoms with van der Waals surface area (Å²) in [6, 6.07) is 9.33. The highest BCUT2D eigenvalue weighted by Crippen LogP contribution is 2.33. The summed E-state index contributed by atoms with van der Waals surface area (Å²) in [7, 11) is 1.47. The van der Waals surface area contributed by atoms with Crippen LogP contribution in [0.25, 0.3) is 6.08 Å². The molecule has 2 aromatic rings. The van der Waals surface area contributed by atoms with Crippen molar-refractivity contribution in [3.05, 3.63) is 65.9 Å². The van der Waals surface area contributed by atoms with Crippen molar-refractivity contribution in [2.75, 3.05) is 25.6 Å². The van der Waals surface area contributed by atoms with Crippen LogP contribution in [0, 0.1) is 0 Å². The number of para-hydroxylation sites is 2. The first-order valence-electron chi connectivity index (χ1n) is 10.2. The Bertz CT molecular complexity index is 1130. The van der Waals surface area contributed by atoms with Crippen molar-refractivity contribution in [2.24, 2.45) is 0 Å². The Balaban J connectivity index is 1.79. The average molecular weight is 451 g/mol. The van der Waals surface area contributed by atoms with Gasteiger partial charge in [-0.05, 0) is 49.2 Å². The van der Waals surface area contributed by atoms with Gasteiger partial charge in [0.25, 0.3) is 5.91 Å². The van der Waals surface area contributed by atoms with Crippen molar-refractivity contribution in [3.63, 3.8) is 0 Å². The Morgan fingerprint density at radius 1 is 1.24 bits per heavy atom. The summed E-state index contributed by atoms with van der Waals surface area (Å²) in [4.78, 5) is 38.4. The second-order valence-corrected chi connectivity index (χ2v) is 7.08. The number of hydrogen-bond acceptors (Lipinski definition) is 6. The molecule has 1 aliphatic rings. The number of hydrogen-bond donors (Lipinski definition) is 3. The Labute approximate surface area is 191 Å². The Morgan fingerprint density at radius 2 is 2.00 bits per heavy atom. The molecule has 0 spiro atoms. The van der Waals surface area contributed by atoms with Crippen LogP contribution < -0.4 is 20.1 Å². The van der Waals surface area contributed by atoms with Gasteiger partial charge in [0.2, 0.25) is 5.91 Å². The summed E-state index contributed by atoms with van der Waals surface area (Å²) in [5.41, 5.74) is 1.53. The highest BCUT2D eigenvalue weighted by Gasteiger charge is 2.35. The van der Waals surface area contributed by atoms with Crippen molar-refractivity contribution in [1.82, 2.24) is 10.2 Å². The molecule has 0 bridgehead atoms. The third-order valence-corrected chi connectivity index (χ3v) is 4.80. The molecule has 1 fully saturated rings. The maximum atomic E-state index is 12.8. The van der Waals surface area contributed by atoms with Crippen LogP contribution in [0.2, 0.25) is 0 Å². The van der Waals surface area contributed by atoms with Gasteiger partial charge in [-0.3, -0.25) is 9.59 Å². The molecule has 172 valence electrons. The Hall–Kier alpha value is -4.27. The molecule has 9 heteroatoms. The number of allylic oxidation sites excluding steroid dienone is 1. The zero-order chi connectivity index (χ0) is 24.0. The maximum Gasteiger partial charge on any atom is 0.329 e. The second-order valence-electron chi connectivity index (χ2n) is 7.08. The summed E-state index contributed by atoms with van der Waals surface area (Å²) in [6.45, 7) is 5.33. The zero-order valence-electron chi connectivity index (χ0n) is 18.4. The number of rotatable bonds is 9. The number of methoxy groups -OCH3 is 1. The maximum absolute atomic E-state index is 12.8. The molecule has 0 saturated carbocycles. The number of carbonyl (C=O) groups is 3. The van der Waals surface area contributed by atoms with Crippen LogP contribution in [0.5, 0.6) is 17.2 Å². The van der Waals surface area contributed by atoms with Crippen LogP contribution in [0.1, 0.15) is 18.1 Å². The van der Waals surface area contributed by atoms with Crippen LogP contribution in [0.3, 0.4) is 0 Å². The van der Waals surface area contributed by atoms with Gasteiger partial charge in [-0.2, -0.15) is 0 Å². The monoisotopic (exact) mass is 451 g/mol. The fraction of sp³-hybridized carbons (Fsp3) is 0.208. The van der Waals surface area contributed by atoms with E-state index < -0.39 is 24.4 Å². The van der Waals surface area contributed by atoms with Gasteiger partial charge in [-0.15, -0.1) is 6.58 Å². The lowest BCUT2D eigenvalue weighted by Gasteiger charge is -2.13. The van der Waals surface area contributed by atoms with Gasteiger partial charge in [-0.1, -0.05) is 18.2 Å². The minimum absolute atomic E-state index is 0.00258. The van der Waals surface area contributed by atoms with E-state index in [-0.39, 0.29) is 17.2 Å². The van der Waals surface area contributed by atoms with Crippen molar-refractivity contribution in [1.29, 1.82) is 0 Å². The summed E-state index contributed by atoms with van der Waals surface area (Å²) in [6.07, 6.45) is 3.48. The van der Waals surface area contributed by atoms with Crippen molar-refractivity contribution >= 4 is 29.6 Å². The molecular weight excluding hydrogens is 426 g/mol. The number of ether oxygens (including phenoxy) is 2. The minimum Gasteiger partial charge on any atom is -0.504 e. The van der Waals surface area contributed by atoms with Crippen molar-refractivity contribution in [3.8, 4) is 17.2 Å². The molecule has 1 heterocycles. The minimum atomic E-state index is -0.712. The van der Waals surface area contributed by atoms with Gasteiger partial charge < -0.3 is 25.2 Å². The number of phenols is 1. The molecule has 1 saturated heterocycles. The van der Waals surface area contributed by atoms with E-state index in [1.165, 1.54) is 13.2 Å². The number of benzene rings is 2. The molecule has 9 nitrogen and oxygen atoms in total. The lowest BCUT2D eigenvalue weighted by molar-refractivity contribution is -0.127. The molecular formula is C24H25N3O6. The predicted molar refractivity (Wildman–Crippen MR) is 123 cm³/mol. The van der Waals surface area contributed by atoms with Crippen molar-refractivity contribution < 1.29 is 29.0 Å². The molecule has 33 heavy (non-hydrogen) atoms. The summed E-state index contributed by atoms with van der Waals surface area (Å²) < 4.78 is 10.7. The number of carbonyl (C=O) groups excluding carboxylic acids is 3. The number of urea groups is 1. The smallest absolute Gasteiger partial charge is 0.329 e. The first-order valence-corrected chi connectivity index (χ1v) is 10.2. The number of nitrogens with one attached hydrogen (secondary N) is 2. The van der Waals surface area contributed by atoms with Crippen LogP contribution in [0.4, 0.5) is 10.5 Å². The zero-order valence-corrected chi connectivity index (χ0v) is 18.4. The normalized spacial score (nSPS) is 14.2. The molecule has 4 amide bonds.